The van der Waals surface area contributed by atoms with E-state index in [9.17, 15) is 8.42 Å². The maximum Gasteiger partial charge on any atom is 0.175 e. The molecular formula is C14H21NO2S2. The summed E-state index contributed by atoms with van der Waals surface area (Å²) in [6.07, 6.45) is 3.62. The van der Waals surface area contributed by atoms with Gasteiger partial charge in [0.05, 0.1) is 4.90 Å². The number of rotatable bonds is 3. The Morgan fingerprint density at radius 1 is 1.37 bits per heavy atom. The molecular weight excluding hydrogens is 278 g/mol. The second kappa shape index (κ2) is 5.75. The lowest BCUT2D eigenvalue weighted by atomic mass is 10.1. The van der Waals surface area contributed by atoms with Gasteiger partial charge < -0.3 is 5.32 Å². The van der Waals surface area contributed by atoms with Crippen molar-refractivity contribution in [2.24, 2.45) is 0 Å². The quantitative estimate of drug-likeness (QED) is 0.931. The standard InChI is InChI=1S/C14H21NO2S2/c1-10-6-7-12(19(3,16)17)9-14(10)15-13-5-4-8-18-11(13)2/h6-7,9,11,13,15H,4-5,8H2,1-3H3. The molecule has 3 nitrogen and oxygen atoms in total. The molecule has 106 valence electrons. The lowest BCUT2D eigenvalue weighted by Crippen LogP contribution is -2.33. The van der Waals surface area contributed by atoms with Crippen molar-refractivity contribution in [3.05, 3.63) is 23.8 Å². The van der Waals surface area contributed by atoms with Gasteiger partial charge in [-0.15, -0.1) is 0 Å². The minimum Gasteiger partial charge on any atom is -0.381 e. The van der Waals surface area contributed by atoms with Gasteiger partial charge in [0.15, 0.2) is 9.84 Å². The molecule has 0 radical (unpaired) electrons. The van der Waals surface area contributed by atoms with Crippen molar-refractivity contribution in [1.82, 2.24) is 0 Å². The molecule has 1 aliphatic rings. The fourth-order valence-corrected chi connectivity index (χ4v) is 4.09. The molecule has 0 aliphatic carbocycles. The molecule has 1 aliphatic heterocycles. The van der Waals surface area contributed by atoms with Gasteiger partial charge in [-0.2, -0.15) is 11.8 Å². The van der Waals surface area contributed by atoms with Crippen LogP contribution in [0.25, 0.3) is 0 Å². The third-order valence-electron chi connectivity index (χ3n) is 3.58. The molecule has 1 saturated heterocycles. The minimum absolute atomic E-state index is 0.386. The molecule has 19 heavy (non-hydrogen) atoms. The van der Waals surface area contributed by atoms with Crippen LogP contribution in [-0.2, 0) is 9.84 Å². The van der Waals surface area contributed by atoms with Crippen molar-refractivity contribution in [2.45, 2.75) is 42.9 Å². The maximum atomic E-state index is 11.6. The number of nitrogens with one attached hydrogen (secondary N) is 1. The monoisotopic (exact) mass is 299 g/mol. The van der Waals surface area contributed by atoms with Crippen LogP contribution in [0.3, 0.4) is 0 Å². The molecule has 0 saturated carbocycles. The molecule has 1 heterocycles. The predicted molar refractivity (Wildman–Crippen MR) is 82.9 cm³/mol. The smallest absolute Gasteiger partial charge is 0.175 e. The van der Waals surface area contributed by atoms with Crippen LogP contribution >= 0.6 is 11.8 Å². The van der Waals surface area contributed by atoms with Crippen molar-refractivity contribution in [3.8, 4) is 0 Å². The molecule has 0 aromatic heterocycles. The van der Waals surface area contributed by atoms with Crippen molar-refractivity contribution >= 4 is 27.3 Å². The van der Waals surface area contributed by atoms with Crippen LogP contribution in [0.2, 0.25) is 0 Å². The highest BCUT2D eigenvalue weighted by atomic mass is 32.2. The summed E-state index contributed by atoms with van der Waals surface area (Å²) in [6.45, 7) is 4.24. The van der Waals surface area contributed by atoms with Gasteiger partial charge in [0, 0.05) is 23.2 Å². The van der Waals surface area contributed by atoms with Crippen LogP contribution in [0.15, 0.2) is 23.1 Å². The molecule has 2 unspecified atom stereocenters. The predicted octanol–water partition coefficient (Wildman–Crippen LogP) is 3.09. The molecule has 1 fully saturated rings. The Kier molecular flexibility index (Phi) is 4.46. The average molecular weight is 299 g/mol. The Hall–Kier alpha value is -0.680. The molecule has 2 rings (SSSR count). The summed E-state index contributed by atoms with van der Waals surface area (Å²) in [7, 11) is -3.14. The summed E-state index contributed by atoms with van der Waals surface area (Å²) in [6, 6.07) is 5.73. The number of hydrogen-bond acceptors (Lipinski definition) is 4. The Morgan fingerprint density at radius 3 is 2.74 bits per heavy atom. The van der Waals surface area contributed by atoms with Crippen LogP contribution in [-0.4, -0.2) is 31.7 Å². The molecule has 5 heteroatoms. The number of hydrogen-bond donors (Lipinski definition) is 1. The number of benzene rings is 1. The highest BCUT2D eigenvalue weighted by Gasteiger charge is 2.22. The van der Waals surface area contributed by atoms with Gasteiger partial charge in [0.1, 0.15) is 0 Å². The minimum atomic E-state index is -3.14. The van der Waals surface area contributed by atoms with E-state index in [1.54, 1.807) is 12.1 Å². The third-order valence-corrected chi connectivity index (χ3v) is 6.07. The summed E-state index contributed by atoms with van der Waals surface area (Å²) >= 11 is 1.98. The van der Waals surface area contributed by atoms with E-state index in [4.69, 9.17) is 0 Å². The highest BCUT2D eigenvalue weighted by molar-refractivity contribution is 8.00. The van der Waals surface area contributed by atoms with E-state index in [-0.39, 0.29) is 0 Å². The number of sulfone groups is 1. The van der Waals surface area contributed by atoms with Crippen LogP contribution in [0.5, 0.6) is 0 Å². The van der Waals surface area contributed by atoms with Crippen LogP contribution < -0.4 is 5.32 Å². The van der Waals surface area contributed by atoms with E-state index >= 15 is 0 Å². The van der Waals surface area contributed by atoms with Crippen molar-refractivity contribution in [1.29, 1.82) is 0 Å². The van der Waals surface area contributed by atoms with Gasteiger partial charge in [-0.25, -0.2) is 8.42 Å². The summed E-state index contributed by atoms with van der Waals surface area (Å²) in [5, 5.41) is 4.09. The van der Waals surface area contributed by atoms with Crippen molar-refractivity contribution in [3.63, 3.8) is 0 Å². The zero-order valence-corrected chi connectivity index (χ0v) is 13.3. The van der Waals surface area contributed by atoms with E-state index < -0.39 is 9.84 Å². The SMILES string of the molecule is Cc1ccc(S(C)(=O)=O)cc1NC1CCCSC1C. The fraction of sp³-hybridized carbons (Fsp3) is 0.571. The molecule has 0 spiro atoms. The van der Waals surface area contributed by atoms with E-state index in [2.05, 4.69) is 12.2 Å². The topological polar surface area (TPSA) is 46.2 Å². The molecule has 2 atom stereocenters. The molecule has 1 aromatic carbocycles. The van der Waals surface area contributed by atoms with Gasteiger partial charge in [0.25, 0.3) is 0 Å². The number of anilines is 1. The van der Waals surface area contributed by atoms with Gasteiger partial charge in [0.2, 0.25) is 0 Å². The Labute approximate surface area is 120 Å². The second-order valence-corrected chi connectivity index (χ2v) is 8.72. The van der Waals surface area contributed by atoms with Gasteiger partial charge in [-0.1, -0.05) is 13.0 Å². The zero-order valence-electron chi connectivity index (χ0n) is 11.6. The first kappa shape index (κ1) is 14.7. The van der Waals surface area contributed by atoms with Crippen molar-refractivity contribution < 1.29 is 8.42 Å². The average Bonchev–Trinajstić information content (AvgIpc) is 2.33. The largest absolute Gasteiger partial charge is 0.381 e. The fourth-order valence-electron chi connectivity index (χ4n) is 2.30. The lowest BCUT2D eigenvalue weighted by Gasteiger charge is -2.30. The molecule has 1 aromatic rings. The first-order valence-electron chi connectivity index (χ1n) is 6.57. The zero-order chi connectivity index (χ0) is 14.0. The summed E-state index contributed by atoms with van der Waals surface area (Å²) in [4.78, 5) is 0.386. The maximum absolute atomic E-state index is 11.6. The van der Waals surface area contributed by atoms with Crippen LogP contribution in [0.1, 0.15) is 25.3 Å². The Morgan fingerprint density at radius 2 is 2.11 bits per heavy atom. The highest BCUT2D eigenvalue weighted by Crippen LogP contribution is 2.29. The van der Waals surface area contributed by atoms with E-state index in [0.29, 0.717) is 16.2 Å². The van der Waals surface area contributed by atoms with Crippen LogP contribution in [0, 0.1) is 6.92 Å². The summed E-state index contributed by atoms with van der Waals surface area (Å²) in [5.74, 6) is 1.22. The van der Waals surface area contributed by atoms with E-state index in [1.807, 2.05) is 24.8 Å². The van der Waals surface area contributed by atoms with Crippen LogP contribution in [0.4, 0.5) is 5.69 Å². The second-order valence-electron chi connectivity index (χ2n) is 5.22. The van der Waals surface area contributed by atoms with Gasteiger partial charge in [-0.05, 0) is 43.2 Å². The first-order chi connectivity index (χ1) is 8.88. The van der Waals surface area contributed by atoms with Crippen molar-refractivity contribution in [2.75, 3.05) is 17.3 Å². The number of thioether (sulfide) groups is 1. The Balaban J connectivity index is 2.24. The van der Waals surface area contributed by atoms with Gasteiger partial charge in [-0.3, -0.25) is 0 Å². The van der Waals surface area contributed by atoms with Gasteiger partial charge >= 0.3 is 0 Å². The Bertz CT molecular complexity index is 555. The normalized spacial score (nSPS) is 24.2. The number of aryl methyl sites for hydroxylation is 1. The molecule has 0 bridgehead atoms. The van der Waals surface area contributed by atoms with E-state index in [1.165, 1.54) is 18.4 Å². The first-order valence-corrected chi connectivity index (χ1v) is 9.51. The molecule has 1 N–H and O–H groups in total. The molecule has 0 amide bonds. The lowest BCUT2D eigenvalue weighted by molar-refractivity contribution is 0.601. The summed E-state index contributed by atoms with van der Waals surface area (Å²) < 4.78 is 23.2. The third kappa shape index (κ3) is 3.66. The van der Waals surface area contributed by atoms with E-state index in [0.717, 1.165) is 17.7 Å². The summed E-state index contributed by atoms with van der Waals surface area (Å²) in [5.41, 5.74) is 2.04.